The number of anilines is 1. The molecule has 1 aromatic heterocycles. The topological polar surface area (TPSA) is 37.4 Å². The van der Waals surface area contributed by atoms with Crippen molar-refractivity contribution in [2.24, 2.45) is 5.92 Å². The second kappa shape index (κ2) is 8.23. The molecule has 2 heterocycles. The molecule has 1 fully saturated rings. The molecule has 21 heavy (non-hydrogen) atoms. The molecule has 1 N–H and O–H groups in total. The number of ether oxygens (including phenoxy) is 1. The van der Waals surface area contributed by atoms with Gasteiger partial charge in [-0.1, -0.05) is 13.0 Å². The zero-order valence-corrected chi connectivity index (χ0v) is 13.6. The highest BCUT2D eigenvalue weighted by atomic mass is 16.5. The summed E-state index contributed by atoms with van der Waals surface area (Å²) in [5.41, 5.74) is 0. The Morgan fingerprint density at radius 2 is 2.29 bits per heavy atom. The molecule has 0 amide bonds. The summed E-state index contributed by atoms with van der Waals surface area (Å²) < 4.78 is 5.51. The molecule has 2 rings (SSSR count). The molecule has 118 valence electrons. The van der Waals surface area contributed by atoms with Gasteiger partial charge < -0.3 is 15.0 Å². The van der Waals surface area contributed by atoms with Gasteiger partial charge in [-0.3, -0.25) is 0 Å². The van der Waals surface area contributed by atoms with Gasteiger partial charge in [0.1, 0.15) is 5.82 Å². The van der Waals surface area contributed by atoms with Crippen LogP contribution >= 0.6 is 0 Å². The third kappa shape index (κ3) is 4.60. The molecule has 1 saturated heterocycles. The Labute approximate surface area is 128 Å². The van der Waals surface area contributed by atoms with Crippen molar-refractivity contribution >= 4 is 5.82 Å². The van der Waals surface area contributed by atoms with Crippen LogP contribution in [0.15, 0.2) is 18.2 Å². The summed E-state index contributed by atoms with van der Waals surface area (Å²) in [5, 5.41) is 3.63. The Kier molecular flexibility index (Phi) is 6.30. The molecular formula is C17H29N3O. The molecule has 0 spiro atoms. The van der Waals surface area contributed by atoms with E-state index in [-0.39, 0.29) is 0 Å². The molecule has 1 aliphatic heterocycles. The van der Waals surface area contributed by atoms with Gasteiger partial charge in [0.05, 0.1) is 6.61 Å². The van der Waals surface area contributed by atoms with E-state index in [2.05, 4.69) is 35.1 Å². The van der Waals surface area contributed by atoms with Crippen LogP contribution in [0.5, 0.6) is 5.88 Å². The smallest absolute Gasteiger partial charge is 0.215 e. The molecule has 0 aromatic carbocycles. The maximum absolute atomic E-state index is 5.51. The van der Waals surface area contributed by atoms with E-state index in [9.17, 15) is 0 Å². The molecule has 4 heteroatoms. The lowest BCUT2D eigenvalue weighted by Gasteiger charge is -2.36. The highest BCUT2D eigenvalue weighted by Gasteiger charge is 2.25. The molecule has 1 aliphatic rings. The standard InChI is InChI=1S/C17H29N3O/c1-4-11-18-14(3)15-8-7-12-20(13-15)16-9-6-10-17(19-16)21-5-2/h6,9-10,14-15,18H,4-5,7-8,11-13H2,1-3H3. The Bertz CT molecular complexity index is 424. The fraction of sp³-hybridized carbons (Fsp3) is 0.706. The number of piperidine rings is 1. The van der Waals surface area contributed by atoms with Crippen molar-refractivity contribution in [1.82, 2.24) is 10.3 Å². The SMILES string of the molecule is CCCNC(C)C1CCCN(c2cccc(OCC)n2)C1. The Morgan fingerprint density at radius 1 is 1.43 bits per heavy atom. The van der Waals surface area contributed by atoms with Gasteiger partial charge in [-0.05, 0) is 51.6 Å². The summed E-state index contributed by atoms with van der Waals surface area (Å²) in [7, 11) is 0. The van der Waals surface area contributed by atoms with Gasteiger partial charge in [-0.2, -0.15) is 4.98 Å². The monoisotopic (exact) mass is 291 g/mol. The van der Waals surface area contributed by atoms with Crippen molar-refractivity contribution in [3.05, 3.63) is 18.2 Å². The van der Waals surface area contributed by atoms with E-state index in [0.29, 0.717) is 18.6 Å². The molecule has 0 aliphatic carbocycles. The Hall–Kier alpha value is -1.29. The average molecular weight is 291 g/mol. The summed E-state index contributed by atoms with van der Waals surface area (Å²) in [6.07, 6.45) is 3.74. The predicted molar refractivity (Wildman–Crippen MR) is 88.1 cm³/mol. The quantitative estimate of drug-likeness (QED) is 0.837. The molecule has 0 saturated carbocycles. The predicted octanol–water partition coefficient (Wildman–Crippen LogP) is 3.08. The van der Waals surface area contributed by atoms with Crippen LogP contribution < -0.4 is 15.0 Å². The van der Waals surface area contributed by atoms with E-state index in [1.165, 1.54) is 19.3 Å². The maximum atomic E-state index is 5.51. The van der Waals surface area contributed by atoms with E-state index in [1.54, 1.807) is 0 Å². The lowest BCUT2D eigenvalue weighted by Crippen LogP contribution is -2.45. The molecule has 2 unspecified atom stereocenters. The fourth-order valence-electron chi connectivity index (χ4n) is 2.97. The summed E-state index contributed by atoms with van der Waals surface area (Å²) >= 11 is 0. The molecule has 0 radical (unpaired) electrons. The number of pyridine rings is 1. The third-order valence-corrected chi connectivity index (χ3v) is 4.21. The second-order valence-corrected chi connectivity index (χ2v) is 5.86. The van der Waals surface area contributed by atoms with Crippen LogP contribution in [0.3, 0.4) is 0 Å². The maximum Gasteiger partial charge on any atom is 0.215 e. The van der Waals surface area contributed by atoms with Crippen molar-refractivity contribution in [3.8, 4) is 5.88 Å². The van der Waals surface area contributed by atoms with Gasteiger partial charge in [-0.25, -0.2) is 0 Å². The summed E-state index contributed by atoms with van der Waals surface area (Å²) in [4.78, 5) is 7.03. The van der Waals surface area contributed by atoms with Gasteiger partial charge in [0.25, 0.3) is 0 Å². The summed E-state index contributed by atoms with van der Waals surface area (Å²) in [6.45, 7) is 10.5. The van der Waals surface area contributed by atoms with E-state index >= 15 is 0 Å². The zero-order valence-electron chi connectivity index (χ0n) is 13.6. The van der Waals surface area contributed by atoms with Gasteiger partial charge in [0.15, 0.2) is 0 Å². The van der Waals surface area contributed by atoms with E-state index in [1.807, 2.05) is 19.1 Å². The number of nitrogens with one attached hydrogen (secondary N) is 1. The van der Waals surface area contributed by atoms with Crippen LogP contribution in [0, 0.1) is 5.92 Å². The average Bonchev–Trinajstić information content (AvgIpc) is 2.53. The lowest BCUT2D eigenvalue weighted by molar-refractivity contribution is 0.315. The Morgan fingerprint density at radius 3 is 3.05 bits per heavy atom. The van der Waals surface area contributed by atoms with Gasteiger partial charge in [0, 0.05) is 25.2 Å². The van der Waals surface area contributed by atoms with Gasteiger partial charge >= 0.3 is 0 Å². The van der Waals surface area contributed by atoms with E-state index in [4.69, 9.17) is 4.74 Å². The number of hydrogen-bond donors (Lipinski definition) is 1. The minimum Gasteiger partial charge on any atom is -0.478 e. The van der Waals surface area contributed by atoms with Crippen molar-refractivity contribution in [1.29, 1.82) is 0 Å². The van der Waals surface area contributed by atoms with Crippen molar-refractivity contribution in [2.75, 3.05) is 31.1 Å². The van der Waals surface area contributed by atoms with Crippen LogP contribution in [-0.2, 0) is 0 Å². The van der Waals surface area contributed by atoms with Crippen LogP contribution in [0.4, 0.5) is 5.82 Å². The minimum atomic E-state index is 0.572. The van der Waals surface area contributed by atoms with Crippen molar-refractivity contribution < 1.29 is 4.74 Å². The minimum absolute atomic E-state index is 0.572. The molecule has 1 aromatic rings. The van der Waals surface area contributed by atoms with Crippen molar-refractivity contribution in [2.45, 2.75) is 46.1 Å². The lowest BCUT2D eigenvalue weighted by atomic mass is 9.91. The third-order valence-electron chi connectivity index (χ3n) is 4.21. The Balaban J connectivity index is 1.98. The first-order chi connectivity index (χ1) is 10.2. The number of aromatic nitrogens is 1. The van der Waals surface area contributed by atoms with Crippen LogP contribution in [0.25, 0.3) is 0 Å². The van der Waals surface area contributed by atoms with Crippen LogP contribution in [0.1, 0.15) is 40.0 Å². The first-order valence-electron chi connectivity index (χ1n) is 8.32. The number of hydrogen-bond acceptors (Lipinski definition) is 4. The first-order valence-corrected chi connectivity index (χ1v) is 8.32. The zero-order chi connectivity index (χ0) is 15.1. The highest BCUT2D eigenvalue weighted by Crippen LogP contribution is 2.25. The van der Waals surface area contributed by atoms with Gasteiger partial charge in [0.2, 0.25) is 5.88 Å². The summed E-state index contributed by atoms with van der Waals surface area (Å²) in [6, 6.07) is 6.63. The van der Waals surface area contributed by atoms with Crippen LogP contribution in [0.2, 0.25) is 0 Å². The van der Waals surface area contributed by atoms with E-state index in [0.717, 1.165) is 31.3 Å². The fourth-order valence-corrected chi connectivity index (χ4v) is 2.97. The summed E-state index contributed by atoms with van der Waals surface area (Å²) in [5.74, 6) is 2.48. The number of rotatable bonds is 7. The second-order valence-electron chi connectivity index (χ2n) is 5.86. The highest BCUT2D eigenvalue weighted by molar-refractivity contribution is 5.41. The number of nitrogens with zero attached hydrogens (tertiary/aromatic N) is 2. The molecule has 4 nitrogen and oxygen atoms in total. The largest absolute Gasteiger partial charge is 0.478 e. The molecule has 2 atom stereocenters. The van der Waals surface area contributed by atoms with Crippen molar-refractivity contribution in [3.63, 3.8) is 0 Å². The first kappa shape index (κ1) is 16.1. The molecular weight excluding hydrogens is 262 g/mol. The molecule has 0 bridgehead atoms. The van der Waals surface area contributed by atoms with Gasteiger partial charge in [-0.15, -0.1) is 0 Å². The van der Waals surface area contributed by atoms with Crippen LogP contribution in [-0.4, -0.2) is 37.3 Å². The van der Waals surface area contributed by atoms with E-state index < -0.39 is 0 Å². The normalized spacial score (nSPS) is 20.3.